The molecule has 0 atom stereocenters. The molecule has 0 aliphatic carbocycles. The van der Waals surface area contributed by atoms with E-state index in [1.807, 2.05) is 38.1 Å². The van der Waals surface area contributed by atoms with Crippen molar-refractivity contribution in [3.63, 3.8) is 0 Å². The summed E-state index contributed by atoms with van der Waals surface area (Å²) in [6.07, 6.45) is 8.42. The zero-order valence-electron chi connectivity index (χ0n) is 25.8. The van der Waals surface area contributed by atoms with Gasteiger partial charge < -0.3 is 9.13 Å². The highest BCUT2D eigenvalue weighted by Gasteiger charge is 2.18. The van der Waals surface area contributed by atoms with E-state index in [9.17, 15) is 0 Å². The molecule has 0 spiro atoms. The number of aromatic nitrogens is 4. The lowest BCUT2D eigenvalue weighted by Crippen LogP contribution is -1.99. The molecule has 0 saturated carbocycles. The Morgan fingerprint density at radius 1 is 0.587 bits per heavy atom. The summed E-state index contributed by atoms with van der Waals surface area (Å²) < 4.78 is 4.66. The molecule has 0 aliphatic rings. The van der Waals surface area contributed by atoms with Gasteiger partial charge in [-0.05, 0) is 68.0 Å². The zero-order valence-corrected chi connectivity index (χ0v) is 25.8. The lowest BCUT2D eigenvalue weighted by atomic mass is 10.1. The van der Waals surface area contributed by atoms with Crippen LogP contribution >= 0.6 is 0 Å². The van der Waals surface area contributed by atoms with Crippen LogP contribution < -0.4 is 0 Å². The molecule has 5 aromatic carbocycles. The molecule has 3 aromatic heterocycles. The van der Waals surface area contributed by atoms with Crippen molar-refractivity contribution in [2.75, 3.05) is 0 Å². The summed E-state index contributed by atoms with van der Waals surface area (Å²) in [6.45, 7) is 4.08. The summed E-state index contributed by atoms with van der Waals surface area (Å²) >= 11 is 0. The molecule has 4 nitrogen and oxygen atoms in total. The van der Waals surface area contributed by atoms with E-state index in [-0.39, 0.29) is 0 Å². The Hall–Kier alpha value is -6.00. The van der Waals surface area contributed by atoms with Crippen molar-refractivity contribution in [2.24, 2.45) is 0 Å². The van der Waals surface area contributed by atoms with Crippen molar-refractivity contribution in [1.82, 2.24) is 19.1 Å². The van der Waals surface area contributed by atoms with Gasteiger partial charge >= 0.3 is 0 Å². The van der Waals surface area contributed by atoms with Crippen LogP contribution in [0.1, 0.15) is 19.5 Å². The topological polar surface area (TPSA) is 35.6 Å². The number of para-hydroxylation sites is 2. The Bertz CT molecular complexity index is 2430. The van der Waals surface area contributed by atoms with Crippen molar-refractivity contribution < 1.29 is 0 Å². The predicted molar refractivity (Wildman–Crippen MR) is 193 cm³/mol. The third kappa shape index (κ3) is 4.63. The van der Waals surface area contributed by atoms with Crippen LogP contribution in [-0.4, -0.2) is 19.1 Å². The number of rotatable bonds is 6. The molecule has 0 unspecified atom stereocenters. The number of hydrogen-bond donors (Lipinski definition) is 0. The Balaban J connectivity index is 1.36. The highest BCUT2D eigenvalue weighted by molar-refractivity contribution is 6.18. The Morgan fingerprint density at radius 2 is 1.33 bits per heavy atom. The Kier molecular flexibility index (Phi) is 6.88. The summed E-state index contributed by atoms with van der Waals surface area (Å²) in [4.78, 5) is 10.2. The minimum Gasteiger partial charge on any atom is -0.316 e. The molecule has 8 rings (SSSR count). The van der Waals surface area contributed by atoms with E-state index in [0.717, 1.165) is 39.5 Å². The average Bonchev–Trinajstić information content (AvgIpc) is 3.71. The van der Waals surface area contributed by atoms with E-state index >= 15 is 0 Å². The molecule has 0 saturated heterocycles. The first-order chi connectivity index (χ1) is 22.7. The molecular formula is C42H32N4. The fraction of sp³-hybridized carbons (Fsp3) is 0.0476. The first-order valence-corrected chi connectivity index (χ1v) is 15.7. The first-order valence-electron chi connectivity index (χ1n) is 15.7. The molecule has 0 fully saturated rings. The monoisotopic (exact) mass is 592 g/mol. The van der Waals surface area contributed by atoms with Crippen molar-refractivity contribution in [3.05, 3.63) is 164 Å². The van der Waals surface area contributed by atoms with Gasteiger partial charge in [0.15, 0.2) is 5.82 Å². The summed E-state index contributed by atoms with van der Waals surface area (Å²) in [6, 6.07) is 47.0. The maximum Gasteiger partial charge on any atom is 0.160 e. The fourth-order valence-corrected chi connectivity index (χ4v) is 6.53. The van der Waals surface area contributed by atoms with Crippen molar-refractivity contribution >= 4 is 38.3 Å². The van der Waals surface area contributed by atoms with Gasteiger partial charge in [-0.25, -0.2) is 9.97 Å². The molecular weight excluding hydrogens is 560 g/mol. The Morgan fingerprint density at radius 3 is 2.13 bits per heavy atom. The molecule has 3 heterocycles. The third-order valence-corrected chi connectivity index (χ3v) is 8.65. The normalized spacial score (nSPS) is 12.2. The summed E-state index contributed by atoms with van der Waals surface area (Å²) in [7, 11) is 0. The van der Waals surface area contributed by atoms with Crippen LogP contribution in [0.15, 0.2) is 158 Å². The van der Waals surface area contributed by atoms with E-state index in [1.165, 1.54) is 32.7 Å². The van der Waals surface area contributed by atoms with E-state index in [1.54, 1.807) is 0 Å². The molecule has 46 heavy (non-hydrogen) atoms. The lowest BCUT2D eigenvalue weighted by molar-refractivity contribution is 1.13. The van der Waals surface area contributed by atoms with Gasteiger partial charge in [0.25, 0.3) is 0 Å². The fourth-order valence-electron chi connectivity index (χ4n) is 6.53. The first kappa shape index (κ1) is 27.5. The second kappa shape index (κ2) is 11.5. The Labute approximate surface area is 268 Å². The minimum absolute atomic E-state index is 0.697. The largest absolute Gasteiger partial charge is 0.316 e. The van der Waals surface area contributed by atoms with Crippen LogP contribution in [0.3, 0.4) is 0 Å². The maximum atomic E-state index is 5.11. The number of nitrogens with zero attached hydrogens (tertiary/aromatic N) is 4. The maximum absolute atomic E-state index is 5.11. The zero-order chi connectivity index (χ0) is 31.0. The van der Waals surface area contributed by atoms with Gasteiger partial charge in [0, 0.05) is 44.9 Å². The summed E-state index contributed by atoms with van der Waals surface area (Å²) in [5.74, 6) is 0.697. The van der Waals surface area contributed by atoms with Crippen LogP contribution in [0.5, 0.6) is 0 Å². The number of allylic oxidation sites excluding steroid dienone is 4. The second-order valence-electron chi connectivity index (χ2n) is 11.4. The molecule has 0 N–H and O–H groups in total. The summed E-state index contributed by atoms with van der Waals surface area (Å²) in [5.41, 5.74) is 10.6. The number of benzene rings is 5. The molecule has 8 aromatic rings. The smallest absolute Gasteiger partial charge is 0.160 e. The molecule has 0 bridgehead atoms. The van der Waals surface area contributed by atoms with E-state index < -0.39 is 0 Å². The van der Waals surface area contributed by atoms with E-state index in [2.05, 4.69) is 143 Å². The van der Waals surface area contributed by atoms with Gasteiger partial charge in [0.1, 0.15) is 0 Å². The standard InChI is InChI=1S/C42H32N4/c1-3-14-29(4-2)37-28-38(30-15-7-5-8-16-30)44-42(43-37)31-17-13-20-33(27-31)46-40-22-12-11-21-34(40)35-23-24-39-36(41(35)46)25-26-45(39)32-18-9-6-10-19-32/h3-28H,1-2H3/b14-3-,29-4+. The van der Waals surface area contributed by atoms with E-state index in [0.29, 0.717) is 5.82 Å². The van der Waals surface area contributed by atoms with Crippen LogP contribution in [-0.2, 0) is 0 Å². The van der Waals surface area contributed by atoms with Crippen molar-refractivity contribution in [1.29, 1.82) is 0 Å². The van der Waals surface area contributed by atoms with Gasteiger partial charge in [-0.3, -0.25) is 0 Å². The van der Waals surface area contributed by atoms with Crippen LogP contribution in [0.2, 0.25) is 0 Å². The number of fused-ring (bicyclic) bond motifs is 5. The van der Waals surface area contributed by atoms with Gasteiger partial charge in [-0.1, -0.05) is 103 Å². The quantitative estimate of drug-likeness (QED) is 0.180. The minimum atomic E-state index is 0.697. The van der Waals surface area contributed by atoms with E-state index in [4.69, 9.17) is 9.97 Å². The van der Waals surface area contributed by atoms with Gasteiger partial charge in [-0.2, -0.15) is 0 Å². The van der Waals surface area contributed by atoms with Gasteiger partial charge in [-0.15, -0.1) is 0 Å². The van der Waals surface area contributed by atoms with Crippen LogP contribution in [0, 0.1) is 0 Å². The third-order valence-electron chi connectivity index (χ3n) is 8.65. The average molecular weight is 593 g/mol. The predicted octanol–water partition coefficient (Wildman–Crippen LogP) is 10.8. The van der Waals surface area contributed by atoms with Crippen LogP contribution in [0.4, 0.5) is 0 Å². The molecule has 0 radical (unpaired) electrons. The molecule has 0 amide bonds. The summed E-state index contributed by atoms with van der Waals surface area (Å²) in [5, 5.41) is 3.66. The molecule has 220 valence electrons. The SMILES string of the molecule is C/C=C\C(=C/C)c1cc(-c2ccccc2)nc(-c2cccc(-n3c4ccccc4c4ccc5c(ccn5-c5ccccc5)c43)c2)n1. The second-order valence-corrected chi connectivity index (χ2v) is 11.4. The van der Waals surface area contributed by atoms with Crippen molar-refractivity contribution in [3.8, 4) is 34.0 Å². The van der Waals surface area contributed by atoms with Crippen molar-refractivity contribution in [2.45, 2.75) is 13.8 Å². The highest BCUT2D eigenvalue weighted by Crippen LogP contribution is 2.38. The highest BCUT2D eigenvalue weighted by atomic mass is 15.0. The lowest BCUT2D eigenvalue weighted by Gasteiger charge is -2.13. The number of hydrogen-bond acceptors (Lipinski definition) is 2. The van der Waals surface area contributed by atoms with Gasteiger partial charge in [0.2, 0.25) is 0 Å². The van der Waals surface area contributed by atoms with Gasteiger partial charge in [0.05, 0.1) is 27.9 Å². The molecule has 0 aliphatic heterocycles. The molecule has 4 heteroatoms. The van der Waals surface area contributed by atoms with Crippen LogP contribution in [0.25, 0.3) is 72.3 Å².